The zero-order chi connectivity index (χ0) is 22.3. The average molecular weight is 437 g/mol. The maximum absolute atomic E-state index is 12.5. The van der Waals surface area contributed by atoms with E-state index in [4.69, 9.17) is 14.0 Å². The second-order valence-electron chi connectivity index (χ2n) is 7.77. The number of nitrogens with one attached hydrogen (secondary N) is 1. The average Bonchev–Trinajstić information content (AvgIpc) is 3.34. The van der Waals surface area contributed by atoms with E-state index in [1.807, 2.05) is 53.4 Å². The second-order valence-corrected chi connectivity index (χ2v) is 7.77. The van der Waals surface area contributed by atoms with Crippen molar-refractivity contribution < 1.29 is 18.8 Å². The van der Waals surface area contributed by atoms with Gasteiger partial charge < -0.3 is 24.2 Å². The first-order valence-electron chi connectivity index (χ1n) is 10.8. The quantitative estimate of drug-likeness (QED) is 0.580. The lowest BCUT2D eigenvalue weighted by atomic mass is 9.96. The summed E-state index contributed by atoms with van der Waals surface area (Å²) in [4.78, 5) is 19.0. The molecule has 1 aliphatic rings. The summed E-state index contributed by atoms with van der Waals surface area (Å²) in [6, 6.07) is 15.6. The summed E-state index contributed by atoms with van der Waals surface area (Å²) in [6.45, 7) is 2.39. The van der Waals surface area contributed by atoms with Crippen molar-refractivity contribution in [2.24, 2.45) is 0 Å². The molecular weight excluding hydrogens is 408 g/mol. The zero-order valence-electron chi connectivity index (χ0n) is 18.4. The van der Waals surface area contributed by atoms with Crippen LogP contribution in [-0.2, 0) is 11.3 Å². The smallest absolute Gasteiger partial charge is 0.236 e. The first kappa shape index (κ1) is 21.8. The molecule has 0 spiro atoms. The van der Waals surface area contributed by atoms with Crippen molar-refractivity contribution in [3.05, 3.63) is 60.0 Å². The highest BCUT2D eigenvalue weighted by Gasteiger charge is 2.27. The van der Waals surface area contributed by atoms with Gasteiger partial charge >= 0.3 is 0 Å². The monoisotopic (exact) mass is 436 g/mol. The highest BCUT2D eigenvalue weighted by Crippen LogP contribution is 2.33. The fraction of sp³-hybridized carbons (Fsp3) is 0.375. The largest absolute Gasteiger partial charge is 0.493 e. The minimum absolute atomic E-state index is 0.121. The lowest BCUT2D eigenvalue weighted by molar-refractivity contribution is -0.131. The molecule has 3 aromatic rings. The van der Waals surface area contributed by atoms with Gasteiger partial charge in [-0.1, -0.05) is 35.5 Å². The Hall–Kier alpha value is -3.39. The maximum atomic E-state index is 12.5. The zero-order valence-corrected chi connectivity index (χ0v) is 18.4. The van der Waals surface area contributed by atoms with Crippen LogP contribution in [0.15, 0.2) is 53.1 Å². The lowest BCUT2D eigenvalue weighted by Crippen LogP contribution is -2.42. The molecule has 1 fully saturated rings. The van der Waals surface area contributed by atoms with Crippen LogP contribution < -0.4 is 14.8 Å². The Morgan fingerprint density at radius 3 is 2.56 bits per heavy atom. The minimum atomic E-state index is 0.121. The first-order valence-corrected chi connectivity index (χ1v) is 10.8. The van der Waals surface area contributed by atoms with Gasteiger partial charge in [-0.2, -0.15) is 4.98 Å². The molecule has 8 heteroatoms. The van der Waals surface area contributed by atoms with Crippen LogP contribution in [0.2, 0.25) is 0 Å². The van der Waals surface area contributed by atoms with Gasteiger partial charge in [-0.25, -0.2) is 0 Å². The van der Waals surface area contributed by atoms with Crippen LogP contribution in [0.4, 0.5) is 0 Å². The van der Waals surface area contributed by atoms with E-state index in [2.05, 4.69) is 15.5 Å². The van der Waals surface area contributed by atoms with Crippen LogP contribution >= 0.6 is 0 Å². The molecule has 2 heterocycles. The van der Waals surface area contributed by atoms with E-state index in [9.17, 15) is 4.79 Å². The maximum Gasteiger partial charge on any atom is 0.236 e. The van der Waals surface area contributed by atoms with Crippen LogP contribution in [0.5, 0.6) is 11.5 Å². The standard InChI is InChI=1S/C24H28N4O4/c1-30-20-9-8-19(14-21(20)31-2)23-26-24(32-27-23)18-10-12-28(13-11-18)22(29)16-25-15-17-6-4-3-5-7-17/h3-9,14,18,25H,10-13,15-16H2,1-2H3. The molecule has 1 aromatic heterocycles. The topological polar surface area (TPSA) is 89.7 Å². The van der Waals surface area contributed by atoms with Crippen LogP contribution in [0.3, 0.4) is 0 Å². The number of carbonyl (C=O) groups is 1. The van der Waals surface area contributed by atoms with E-state index in [0.717, 1.165) is 18.4 Å². The van der Waals surface area contributed by atoms with E-state index in [1.54, 1.807) is 14.2 Å². The van der Waals surface area contributed by atoms with Crippen LogP contribution in [-0.4, -0.2) is 54.8 Å². The summed E-state index contributed by atoms with van der Waals surface area (Å²) in [6.07, 6.45) is 1.61. The third-order valence-corrected chi connectivity index (χ3v) is 5.73. The van der Waals surface area contributed by atoms with E-state index in [0.29, 0.717) is 49.4 Å². The molecule has 32 heavy (non-hydrogen) atoms. The number of aromatic nitrogens is 2. The Balaban J connectivity index is 1.29. The van der Waals surface area contributed by atoms with Crippen LogP contribution in [0.1, 0.15) is 30.2 Å². The molecule has 0 atom stereocenters. The lowest BCUT2D eigenvalue weighted by Gasteiger charge is -2.30. The van der Waals surface area contributed by atoms with Gasteiger partial charge in [-0.15, -0.1) is 0 Å². The summed E-state index contributed by atoms with van der Waals surface area (Å²) in [7, 11) is 3.19. The third-order valence-electron chi connectivity index (χ3n) is 5.73. The third kappa shape index (κ3) is 5.08. The normalized spacial score (nSPS) is 14.4. The molecule has 0 radical (unpaired) electrons. The molecule has 0 aliphatic carbocycles. The SMILES string of the molecule is COc1ccc(-c2noc(C3CCN(C(=O)CNCc4ccccc4)CC3)n2)cc1OC. The molecule has 0 bridgehead atoms. The number of likely N-dealkylation sites (tertiary alicyclic amines) is 1. The number of benzene rings is 2. The number of nitrogens with zero attached hydrogens (tertiary/aromatic N) is 3. The molecule has 8 nitrogen and oxygen atoms in total. The molecule has 168 valence electrons. The Labute approximate surface area is 187 Å². The highest BCUT2D eigenvalue weighted by atomic mass is 16.5. The molecule has 1 N–H and O–H groups in total. The summed E-state index contributed by atoms with van der Waals surface area (Å²) >= 11 is 0. The molecule has 4 rings (SSSR count). The van der Waals surface area contributed by atoms with E-state index in [-0.39, 0.29) is 11.8 Å². The van der Waals surface area contributed by atoms with Crippen LogP contribution in [0.25, 0.3) is 11.4 Å². The number of ether oxygens (including phenoxy) is 2. The summed E-state index contributed by atoms with van der Waals surface area (Å²) < 4.78 is 16.2. The molecule has 1 saturated heterocycles. The minimum Gasteiger partial charge on any atom is -0.493 e. The van der Waals surface area contributed by atoms with Crippen LogP contribution in [0, 0.1) is 0 Å². The van der Waals surface area contributed by atoms with Gasteiger partial charge in [0.05, 0.1) is 20.8 Å². The van der Waals surface area contributed by atoms with E-state index < -0.39 is 0 Å². The summed E-state index contributed by atoms with van der Waals surface area (Å²) in [5.41, 5.74) is 1.97. The number of amides is 1. The summed E-state index contributed by atoms with van der Waals surface area (Å²) in [5.74, 6) is 2.67. The van der Waals surface area contributed by atoms with Crippen molar-refractivity contribution in [3.63, 3.8) is 0 Å². The van der Waals surface area contributed by atoms with Crippen molar-refractivity contribution in [1.82, 2.24) is 20.4 Å². The number of methoxy groups -OCH3 is 2. The molecule has 2 aromatic carbocycles. The van der Waals surface area contributed by atoms with Gasteiger partial charge in [-0.05, 0) is 36.6 Å². The molecule has 1 aliphatic heterocycles. The Bertz CT molecular complexity index is 1030. The predicted octanol–water partition coefficient (Wildman–Crippen LogP) is 3.25. The number of piperidine rings is 1. The van der Waals surface area contributed by atoms with Gasteiger partial charge in [0.2, 0.25) is 17.6 Å². The number of carbonyl (C=O) groups excluding carboxylic acids is 1. The van der Waals surface area contributed by atoms with Gasteiger partial charge in [-0.3, -0.25) is 4.79 Å². The van der Waals surface area contributed by atoms with E-state index in [1.165, 1.54) is 5.56 Å². The summed E-state index contributed by atoms with van der Waals surface area (Å²) in [5, 5.41) is 7.37. The Morgan fingerprint density at radius 2 is 1.84 bits per heavy atom. The Morgan fingerprint density at radius 1 is 1.09 bits per heavy atom. The molecule has 0 unspecified atom stereocenters. The highest BCUT2D eigenvalue weighted by molar-refractivity contribution is 5.78. The van der Waals surface area contributed by atoms with Gasteiger partial charge in [0, 0.05) is 31.1 Å². The fourth-order valence-electron chi connectivity index (χ4n) is 3.89. The molecule has 1 amide bonds. The molecular formula is C24H28N4O4. The Kier molecular flexibility index (Phi) is 7.01. The van der Waals surface area contributed by atoms with E-state index >= 15 is 0 Å². The van der Waals surface area contributed by atoms with Crippen molar-refractivity contribution in [2.75, 3.05) is 33.9 Å². The second kappa shape index (κ2) is 10.3. The number of hydrogen-bond acceptors (Lipinski definition) is 7. The van der Waals surface area contributed by atoms with Crippen molar-refractivity contribution in [2.45, 2.75) is 25.3 Å². The fourth-order valence-corrected chi connectivity index (χ4v) is 3.89. The van der Waals surface area contributed by atoms with Gasteiger partial charge in [0.15, 0.2) is 11.5 Å². The predicted molar refractivity (Wildman–Crippen MR) is 120 cm³/mol. The van der Waals surface area contributed by atoms with Crippen molar-refractivity contribution in [1.29, 1.82) is 0 Å². The first-order chi connectivity index (χ1) is 15.7. The number of rotatable bonds is 8. The number of hydrogen-bond donors (Lipinski definition) is 1. The van der Waals surface area contributed by atoms with Gasteiger partial charge in [0.1, 0.15) is 0 Å². The molecule has 0 saturated carbocycles. The van der Waals surface area contributed by atoms with Gasteiger partial charge in [0.25, 0.3) is 0 Å². The van der Waals surface area contributed by atoms with Crippen molar-refractivity contribution in [3.8, 4) is 22.9 Å². The van der Waals surface area contributed by atoms with Crippen molar-refractivity contribution >= 4 is 5.91 Å².